The van der Waals surface area contributed by atoms with Crippen molar-refractivity contribution in [2.24, 2.45) is 11.1 Å². The first-order valence-electron chi connectivity index (χ1n) is 6.80. The van der Waals surface area contributed by atoms with E-state index in [0.717, 1.165) is 19.3 Å². The molecular formula is C13H22N2O3S. The zero-order valence-electron chi connectivity index (χ0n) is 11.3. The van der Waals surface area contributed by atoms with Crippen LogP contribution in [0.4, 0.5) is 0 Å². The lowest BCUT2D eigenvalue weighted by atomic mass is 9.79. The van der Waals surface area contributed by atoms with Crippen molar-refractivity contribution in [3.05, 3.63) is 0 Å². The molecule has 1 amide bonds. The largest absolute Gasteiger partial charge is 0.392 e. The molecule has 0 radical (unpaired) electrons. The standard InChI is InChI=1S/C13H22N2O3S/c1-17-10-3-2-9(8-10)15-12(16)13(11(14)19)4-6-18-7-5-13/h9-10H,2-8H2,1H3,(H2,14,19)(H,15,16). The van der Waals surface area contributed by atoms with Crippen molar-refractivity contribution in [1.29, 1.82) is 0 Å². The molecule has 3 N–H and O–H groups in total. The van der Waals surface area contributed by atoms with Gasteiger partial charge in [-0.3, -0.25) is 4.79 Å². The smallest absolute Gasteiger partial charge is 0.233 e. The molecule has 19 heavy (non-hydrogen) atoms. The van der Waals surface area contributed by atoms with Crippen LogP contribution in [0, 0.1) is 5.41 Å². The van der Waals surface area contributed by atoms with Gasteiger partial charge in [-0.2, -0.15) is 0 Å². The highest BCUT2D eigenvalue weighted by molar-refractivity contribution is 7.80. The molecule has 2 aliphatic rings. The van der Waals surface area contributed by atoms with Gasteiger partial charge in [0.15, 0.2) is 0 Å². The molecule has 0 spiro atoms. The normalized spacial score (nSPS) is 29.9. The number of rotatable bonds is 4. The van der Waals surface area contributed by atoms with Crippen LogP contribution in [0.3, 0.4) is 0 Å². The van der Waals surface area contributed by atoms with Crippen molar-refractivity contribution in [3.63, 3.8) is 0 Å². The van der Waals surface area contributed by atoms with Crippen LogP contribution in [0.2, 0.25) is 0 Å². The summed E-state index contributed by atoms with van der Waals surface area (Å²) in [5.41, 5.74) is 5.10. The van der Waals surface area contributed by atoms with Gasteiger partial charge in [0.25, 0.3) is 0 Å². The van der Waals surface area contributed by atoms with Crippen LogP contribution in [0.1, 0.15) is 32.1 Å². The van der Waals surface area contributed by atoms with Crippen LogP contribution >= 0.6 is 12.2 Å². The summed E-state index contributed by atoms with van der Waals surface area (Å²) in [4.78, 5) is 12.8. The Hall–Kier alpha value is -0.720. The lowest BCUT2D eigenvalue weighted by molar-refractivity contribution is -0.132. The highest BCUT2D eigenvalue weighted by atomic mass is 32.1. The highest BCUT2D eigenvalue weighted by Crippen LogP contribution is 2.32. The number of hydrogen-bond donors (Lipinski definition) is 2. The van der Waals surface area contributed by atoms with Gasteiger partial charge >= 0.3 is 0 Å². The summed E-state index contributed by atoms with van der Waals surface area (Å²) in [5, 5.41) is 3.09. The first-order valence-corrected chi connectivity index (χ1v) is 7.21. The van der Waals surface area contributed by atoms with Crippen molar-refractivity contribution < 1.29 is 14.3 Å². The van der Waals surface area contributed by atoms with E-state index in [-0.39, 0.29) is 23.0 Å². The number of nitrogens with one attached hydrogen (secondary N) is 1. The number of hydrogen-bond acceptors (Lipinski definition) is 4. The number of thiocarbonyl (C=S) groups is 1. The highest BCUT2D eigenvalue weighted by Gasteiger charge is 2.44. The number of carbonyl (C=O) groups excluding carboxylic acids is 1. The number of methoxy groups -OCH3 is 1. The third-order valence-electron chi connectivity index (χ3n) is 4.31. The summed E-state index contributed by atoms with van der Waals surface area (Å²) in [6.45, 7) is 1.08. The Kier molecular flexibility index (Phi) is 4.76. The first kappa shape index (κ1) is 14.7. The second kappa shape index (κ2) is 6.15. The van der Waals surface area contributed by atoms with Crippen LogP contribution in [0.5, 0.6) is 0 Å². The van der Waals surface area contributed by atoms with Gasteiger partial charge in [-0.15, -0.1) is 0 Å². The van der Waals surface area contributed by atoms with E-state index in [0.29, 0.717) is 26.1 Å². The molecule has 1 saturated heterocycles. The summed E-state index contributed by atoms with van der Waals surface area (Å²) in [7, 11) is 1.71. The maximum Gasteiger partial charge on any atom is 0.233 e. The van der Waals surface area contributed by atoms with Crippen molar-refractivity contribution in [1.82, 2.24) is 5.32 Å². The molecule has 108 valence electrons. The lowest BCUT2D eigenvalue weighted by Crippen LogP contribution is -2.53. The van der Waals surface area contributed by atoms with Gasteiger partial charge in [0.05, 0.1) is 11.1 Å². The fraction of sp³-hybridized carbons (Fsp3) is 0.846. The molecule has 0 aromatic heterocycles. The summed E-state index contributed by atoms with van der Waals surface area (Å²) >= 11 is 5.13. The minimum absolute atomic E-state index is 0.0370. The number of ether oxygens (including phenoxy) is 2. The van der Waals surface area contributed by atoms with Crippen molar-refractivity contribution >= 4 is 23.1 Å². The number of amides is 1. The average molecular weight is 286 g/mol. The topological polar surface area (TPSA) is 73.6 Å². The van der Waals surface area contributed by atoms with Crippen LogP contribution in [-0.4, -0.2) is 43.4 Å². The third kappa shape index (κ3) is 3.07. The van der Waals surface area contributed by atoms with Crippen LogP contribution in [-0.2, 0) is 14.3 Å². The van der Waals surface area contributed by atoms with Crippen molar-refractivity contribution in [2.45, 2.75) is 44.2 Å². The Bertz CT molecular complexity index is 356. The molecule has 2 fully saturated rings. The molecule has 1 saturated carbocycles. The second-order valence-electron chi connectivity index (χ2n) is 5.40. The Morgan fingerprint density at radius 3 is 2.63 bits per heavy atom. The third-order valence-corrected chi connectivity index (χ3v) is 4.70. The van der Waals surface area contributed by atoms with Crippen molar-refractivity contribution in [2.75, 3.05) is 20.3 Å². The zero-order chi connectivity index (χ0) is 13.9. The van der Waals surface area contributed by atoms with E-state index in [1.54, 1.807) is 7.11 Å². The van der Waals surface area contributed by atoms with Crippen molar-refractivity contribution in [3.8, 4) is 0 Å². The quantitative estimate of drug-likeness (QED) is 0.746. The number of nitrogens with two attached hydrogens (primary N) is 1. The molecule has 2 unspecified atom stereocenters. The maximum absolute atomic E-state index is 12.5. The fourth-order valence-electron chi connectivity index (χ4n) is 2.91. The molecule has 2 rings (SSSR count). The van der Waals surface area contributed by atoms with E-state index in [1.165, 1.54) is 0 Å². The maximum atomic E-state index is 12.5. The van der Waals surface area contributed by atoms with Gasteiger partial charge in [-0.05, 0) is 32.1 Å². The van der Waals surface area contributed by atoms with E-state index in [9.17, 15) is 4.79 Å². The van der Waals surface area contributed by atoms with Gasteiger partial charge < -0.3 is 20.5 Å². The number of carbonyl (C=O) groups is 1. The zero-order valence-corrected chi connectivity index (χ0v) is 12.1. The Balaban J connectivity index is 1.98. The van der Waals surface area contributed by atoms with Gasteiger partial charge in [0.1, 0.15) is 5.41 Å². The summed E-state index contributed by atoms with van der Waals surface area (Å²) in [6, 6.07) is 0.173. The molecule has 0 bridgehead atoms. The molecule has 1 heterocycles. The van der Waals surface area contributed by atoms with E-state index in [2.05, 4.69) is 5.32 Å². The lowest BCUT2D eigenvalue weighted by Gasteiger charge is -2.35. The first-order chi connectivity index (χ1) is 9.08. The van der Waals surface area contributed by atoms with Crippen LogP contribution < -0.4 is 11.1 Å². The summed E-state index contributed by atoms with van der Waals surface area (Å²) in [5.74, 6) is -0.0370. The molecule has 6 heteroatoms. The minimum Gasteiger partial charge on any atom is -0.392 e. The van der Waals surface area contributed by atoms with E-state index >= 15 is 0 Å². The molecule has 1 aliphatic carbocycles. The molecule has 2 atom stereocenters. The minimum atomic E-state index is -0.723. The van der Waals surface area contributed by atoms with Gasteiger partial charge in [0.2, 0.25) is 5.91 Å². The Morgan fingerprint density at radius 2 is 2.11 bits per heavy atom. The molecule has 0 aromatic rings. The SMILES string of the molecule is COC1CCC(NC(=O)C2(C(N)=S)CCOCC2)C1. The van der Waals surface area contributed by atoms with E-state index in [4.69, 9.17) is 27.4 Å². The van der Waals surface area contributed by atoms with E-state index in [1.807, 2.05) is 0 Å². The van der Waals surface area contributed by atoms with Crippen LogP contribution in [0.25, 0.3) is 0 Å². The van der Waals surface area contributed by atoms with Crippen LogP contribution in [0.15, 0.2) is 0 Å². The predicted octanol–water partition coefficient (Wildman–Crippen LogP) is 0.753. The predicted molar refractivity (Wildman–Crippen MR) is 75.9 cm³/mol. The Morgan fingerprint density at radius 1 is 1.42 bits per heavy atom. The van der Waals surface area contributed by atoms with E-state index < -0.39 is 5.41 Å². The molecule has 5 nitrogen and oxygen atoms in total. The molecular weight excluding hydrogens is 264 g/mol. The second-order valence-corrected chi connectivity index (χ2v) is 5.84. The van der Waals surface area contributed by atoms with Gasteiger partial charge in [0, 0.05) is 26.4 Å². The Labute approximate surface area is 119 Å². The average Bonchev–Trinajstić information content (AvgIpc) is 2.87. The monoisotopic (exact) mass is 286 g/mol. The summed E-state index contributed by atoms with van der Waals surface area (Å²) < 4.78 is 10.6. The van der Waals surface area contributed by atoms with Gasteiger partial charge in [-0.1, -0.05) is 12.2 Å². The molecule has 0 aromatic carbocycles. The molecule has 1 aliphatic heterocycles. The summed E-state index contributed by atoms with van der Waals surface area (Å²) in [6.07, 6.45) is 4.22. The fourth-order valence-corrected chi connectivity index (χ4v) is 3.21. The van der Waals surface area contributed by atoms with Gasteiger partial charge in [-0.25, -0.2) is 0 Å².